The van der Waals surface area contributed by atoms with Gasteiger partial charge in [0, 0.05) is 11.6 Å². The van der Waals surface area contributed by atoms with Crippen LogP contribution >= 0.6 is 0 Å². The Morgan fingerprint density at radius 3 is 2.75 bits per heavy atom. The molecule has 3 rings (SSSR count). The van der Waals surface area contributed by atoms with Gasteiger partial charge in [0.15, 0.2) is 0 Å². The van der Waals surface area contributed by atoms with Crippen molar-refractivity contribution in [3.05, 3.63) is 29.8 Å². The van der Waals surface area contributed by atoms with Crippen LogP contribution in [0.5, 0.6) is 5.75 Å². The first-order valence-electron chi connectivity index (χ1n) is 7.80. The van der Waals surface area contributed by atoms with Gasteiger partial charge in [-0.05, 0) is 32.8 Å². The lowest BCUT2D eigenvalue weighted by Crippen LogP contribution is -2.47. The lowest BCUT2D eigenvalue weighted by atomic mass is 9.92. The summed E-state index contributed by atoms with van der Waals surface area (Å²) in [6.45, 7) is 4.24. The molecular weight excluding hydrogens is 250 g/mol. The van der Waals surface area contributed by atoms with Gasteiger partial charge in [0.2, 0.25) is 0 Å². The van der Waals surface area contributed by atoms with E-state index >= 15 is 0 Å². The number of hydrogen-bond donors (Lipinski definition) is 2. The molecule has 1 aliphatic carbocycles. The second-order valence-corrected chi connectivity index (χ2v) is 6.65. The highest BCUT2D eigenvalue weighted by atomic mass is 16.5. The minimum absolute atomic E-state index is 0.149. The molecule has 1 heterocycles. The van der Waals surface area contributed by atoms with Crippen molar-refractivity contribution in [3.63, 3.8) is 0 Å². The van der Waals surface area contributed by atoms with E-state index in [9.17, 15) is 5.11 Å². The van der Waals surface area contributed by atoms with Crippen molar-refractivity contribution in [1.29, 1.82) is 0 Å². The Morgan fingerprint density at radius 2 is 1.90 bits per heavy atom. The first kappa shape index (κ1) is 13.9. The van der Waals surface area contributed by atoms with E-state index in [1.807, 2.05) is 12.1 Å². The predicted octanol–water partition coefficient (Wildman–Crippen LogP) is 3.18. The molecule has 110 valence electrons. The van der Waals surface area contributed by atoms with Crippen LogP contribution in [0.4, 0.5) is 0 Å². The third-order valence-corrected chi connectivity index (χ3v) is 4.66. The Balaban J connectivity index is 1.81. The molecule has 1 aromatic carbocycles. The Morgan fingerprint density at radius 1 is 1.15 bits per heavy atom. The van der Waals surface area contributed by atoms with Crippen LogP contribution in [0.3, 0.4) is 0 Å². The van der Waals surface area contributed by atoms with E-state index in [-0.39, 0.29) is 23.8 Å². The minimum atomic E-state index is -0.268. The fourth-order valence-electron chi connectivity index (χ4n) is 3.52. The number of aliphatic hydroxyl groups is 1. The molecule has 1 fully saturated rings. The maximum Gasteiger partial charge on any atom is 0.125 e. The van der Waals surface area contributed by atoms with E-state index < -0.39 is 0 Å². The number of benzene rings is 1. The Labute approximate surface area is 121 Å². The molecule has 1 aliphatic heterocycles. The van der Waals surface area contributed by atoms with Gasteiger partial charge < -0.3 is 15.2 Å². The third kappa shape index (κ3) is 2.57. The van der Waals surface area contributed by atoms with Gasteiger partial charge in [0.05, 0.1) is 12.1 Å². The molecule has 0 amide bonds. The summed E-state index contributed by atoms with van der Waals surface area (Å²) in [5.41, 5.74) is 0.948. The summed E-state index contributed by atoms with van der Waals surface area (Å²) in [7, 11) is 0. The maximum atomic E-state index is 10.3. The molecule has 0 spiro atoms. The number of hydrogen-bond acceptors (Lipinski definition) is 3. The quantitative estimate of drug-likeness (QED) is 0.815. The zero-order valence-corrected chi connectivity index (χ0v) is 12.4. The second kappa shape index (κ2) is 5.38. The van der Waals surface area contributed by atoms with Crippen LogP contribution in [0.15, 0.2) is 24.3 Å². The summed E-state index contributed by atoms with van der Waals surface area (Å²) in [6.07, 6.45) is 5.30. The van der Waals surface area contributed by atoms with E-state index in [1.54, 1.807) is 0 Å². The minimum Gasteiger partial charge on any atom is -0.486 e. The molecule has 3 heteroatoms. The topological polar surface area (TPSA) is 41.5 Å². The summed E-state index contributed by atoms with van der Waals surface area (Å²) in [5, 5.41) is 14.0. The summed E-state index contributed by atoms with van der Waals surface area (Å²) in [4.78, 5) is 0. The van der Waals surface area contributed by atoms with E-state index in [2.05, 4.69) is 31.3 Å². The number of fused-ring (bicyclic) bond motifs is 1. The molecule has 2 aliphatic rings. The zero-order chi connectivity index (χ0) is 14.2. The lowest BCUT2D eigenvalue weighted by molar-refractivity contribution is 0.0633. The lowest BCUT2D eigenvalue weighted by Gasteiger charge is -2.32. The van der Waals surface area contributed by atoms with Crippen molar-refractivity contribution in [3.8, 4) is 5.75 Å². The van der Waals surface area contributed by atoms with Crippen LogP contribution in [-0.2, 0) is 0 Å². The molecule has 3 atom stereocenters. The van der Waals surface area contributed by atoms with Crippen LogP contribution in [0, 0.1) is 0 Å². The number of nitrogens with one attached hydrogen (secondary N) is 1. The maximum absolute atomic E-state index is 10.3. The number of rotatable bonds is 2. The summed E-state index contributed by atoms with van der Waals surface area (Å²) >= 11 is 0. The summed E-state index contributed by atoms with van der Waals surface area (Å²) in [5.74, 6) is 0.970. The van der Waals surface area contributed by atoms with Crippen LogP contribution in [-0.4, -0.2) is 22.9 Å². The second-order valence-electron chi connectivity index (χ2n) is 6.65. The fourth-order valence-corrected chi connectivity index (χ4v) is 3.52. The number of ether oxygens (including phenoxy) is 1. The molecule has 2 N–H and O–H groups in total. The highest BCUT2D eigenvalue weighted by Gasteiger charge is 2.42. The van der Waals surface area contributed by atoms with E-state index in [0.29, 0.717) is 0 Å². The average molecular weight is 275 g/mol. The predicted molar refractivity (Wildman–Crippen MR) is 79.9 cm³/mol. The highest BCUT2D eigenvalue weighted by Crippen LogP contribution is 2.43. The number of aliphatic hydroxyl groups excluding tert-OH is 1. The van der Waals surface area contributed by atoms with Gasteiger partial charge in [-0.3, -0.25) is 0 Å². The standard InChI is InChI=1S/C17H25NO2/c1-17(2)16(12-8-6-7-11-15(12)20-17)18-13-9-4-3-5-10-14(13)19/h6-8,11,13-14,16,18-19H,3-5,9-10H2,1-2H3. The van der Waals surface area contributed by atoms with E-state index in [0.717, 1.165) is 25.0 Å². The third-order valence-electron chi connectivity index (χ3n) is 4.66. The first-order chi connectivity index (χ1) is 9.58. The van der Waals surface area contributed by atoms with Crippen LogP contribution in [0.2, 0.25) is 0 Å². The van der Waals surface area contributed by atoms with Crippen LogP contribution in [0.1, 0.15) is 57.6 Å². The van der Waals surface area contributed by atoms with Gasteiger partial charge in [0.25, 0.3) is 0 Å². The van der Waals surface area contributed by atoms with Gasteiger partial charge in [-0.25, -0.2) is 0 Å². The van der Waals surface area contributed by atoms with Crippen molar-refractivity contribution in [2.45, 2.75) is 69.7 Å². The molecule has 0 aromatic heterocycles. The molecule has 0 saturated heterocycles. The molecule has 1 saturated carbocycles. The van der Waals surface area contributed by atoms with Crippen LogP contribution in [0.25, 0.3) is 0 Å². The van der Waals surface area contributed by atoms with Crippen molar-refractivity contribution in [2.24, 2.45) is 0 Å². The van der Waals surface area contributed by atoms with Gasteiger partial charge >= 0.3 is 0 Å². The monoisotopic (exact) mass is 275 g/mol. The van der Waals surface area contributed by atoms with Crippen molar-refractivity contribution in [2.75, 3.05) is 0 Å². The smallest absolute Gasteiger partial charge is 0.125 e. The molecule has 3 nitrogen and oxygen atoms in total. The van der Waals surface area contributed by atoms with E-state index in [1.165, 1.54) is 18.4 Å². The SMILES string of the molecule is CC1(C)Oc2ccccc2C1NC1CCCCCC1O. The highest BCUT2D eigenvalue weighted by molar-refractivity contribution is 5.42. The zero-order valence-electron chi connectivity index (χ0n) is 12.4. The van der Waals surface area contributed by atoms with Gasteiger partial charge in [0.1, 0.15) is 11.4 Å². The van der Waals surface area contributed by atoms with Crippen LogP contribution < -0.4 is 10.1 Å². The van der Waals surface area contributed by atoms with Crippen molar-refractivity contribution in [1.82, 2.24) is 5.32 Å². The van der Waals surface area contributed by atoms with E-state index in [4.69, 9.17) is 4.74 Å². The average Bonchev–Trinajstić information content (AvgIpc) is 2.54. The van der Waals surface area contributed by atoms with Gasteiger partial charge in [-0.2, -0.15) is 0 Å². The first-order valence-corrected chi connectivity index (χ1v) is 7.80. The number of para-hydroxylation sites is 1. The molecule has 20 heavy (non-hydrogen) atoms. The summed E-state index contributed by atoms with van der Waals surface area (Å²) in [6, 6.07) is 8.56. The molecule has 0 bridgehead atoms. The largest absolute Gasteiger partial charge is 0.486 e. The normalized spacial score (nSPS) is 32.2. The Kier molecular flexibility index (Phi) is 3.74. The Hall–Kier alpha value is -1.06. The van der Waals surface area contributed by atoms with Crippen molar-refractivity contribution >= 4 is 0 Å². The summed E-state index contributed by atoms with van der Waals surface area (Å²) < 4.78 is 6.07. The molecular formula is C17H25NO2. The molecule has 1 aromatic rings. The fraction of sp³-hybridized carbons (Fsp3) is 0.647. The van der Waals surface area contributed by atoms with Gasteiger partial charge in [-0.1, -0.05) is 37.5 Å². The Bertz CT molecular complexity index is 472. The van der Waals surface area contributed by atoms with Crippen molar-refractivity contribution < 1.29 is 9.84 Å². The molecule has 0 radical (unpaired) electrons. The van der Waals surface area contributed by atoms with Gasteiger partial charge in [-0.15, -0.1) is 0 Å². The molecule has 3 unspecified atom stereocenters.